The maximum absolute atomic E-state index is 3.57. The van der Waals surface area contributed by atoms with Crippen molar-refractivity contribution < 1.29 is 0 Å². The maximum Gasteiger partial charge on any atom is 0.00912 e. The van der Waals surface area contributed by atoms with Crippen LogP contribution in [0, 0.1) is 11.8 Å². The highest BCUT2D eigenvalue weighted by molar-refractivity contribution is 4.83. The molecule has 0 amide bonds. The van der Waals surface area contributed by atoms with Crippen molar-refractivity contribution in [3.8, 4) is 0 Å². The quantitative estimate of drug-likeness (QED) is 0.747. The van der Waals surface area contributed by atoms with E-state index in [-0.39, 0.29) is 0 Å². The van der Waals surface area contributed by atoms with E-state index in [1.807, 2.05) is 0 Å². The van der Waals surface area contributed by atoms with E-state index < -0.39 is 0 Å². The monoisotopic (exact) mass is 210 g/mol. The molecule has 1 aliphatic carbocycles. The maximum atomic E-state index is 3.57. The van der Waals surface area contributed by atoms with E-state index in [1.165, 1.54) is 45.3 Å². The first kappa shape index (κ1) is 11.4. The Morgan fingerprint density at radius 3 is 2.40 bits per heavy atom. The summed E-state index contributed by atoms with van der Waals surface area (Å²) in [6.07, 6.45) is 5.69. The van der Waals surface area contributed by atoms with Crippen LogP contribution in [0.5, 0.6) is 0 Å². The van der Waals surface area contributed by atoms with Gasteiger partial charge in [0.2, 0.25) is 0 Å². The predicted molar refractivity (Wildman–Crippen MR) is 65.0 cm³/mol. The summed E-state index contributed by atoms with van der Waals surface area (Å²) in [5.74, 6) is 2.01. The van der Waals surface area contributed by atoms with Gasteiger partial charge in [-0.05, 0) is 57.2 Å². The molecule has 0 spiro atoms. The highest BCUT2D eigenvalue weighted by Gasteiger charge is 2.29. The number of nitrogens with zero attached hydrogens (tertiary/aromatic N) is 1. The Morgan fingerprint density at radius 1 is 1.20 bits per heavy atom. The van der Waals surface area contributed by atoms with Crippen molar-refractivity contribution >= 4 is 0 Å². The second kappa shape index (κ2) is 5.31. The SMILES string of the molecule is CCNC1CCN(CC(C)C2CC2)CC1. The first-order valence-electron chi connectivity index (χ1n) is 6.75. The predicted octanol–water partition coefficient (Wildman–Crippen LogP) is 2.11. The van der Waals surface area contributed by atoms with E-state index >= 15 is 0 Å². The Kier molecular flexibility index (Phi) is 4.04. The topological polar surface area (TPSA) is 15.3 Å². The Morgan fingerprint density at radius 2 is 1.87 bits per heavy atom. The number of likely N-dealkylation sites (tertiary alicyclic amines) is 1. The standard InChI is InChI=1S/C13H26N2/c1-3-14-13-6-8-15(9-7-13)10-11(2)12-4-5-12/h11-14H,3-10H2,1-2H3. The molecule has 1 heterocycles. The van der Waals surface area contributed by atoms with Gasteiger partial charge < -0.3 is 10.2 Å². The molecular weight excluding hydrogens is 184 g/mol. The average Bonchev–Trinajstić information content (AvgIpc) is 3.04. The first-order valence-corrected chi connectivity index (χ1v) is 6.75. The molecule has 1 saturated heterocycles. The third-order valence-electron chi connectivity index (χ3n) is 4.05. The number of rotatable bonds is 5. The summed E-state index contributed by atoms with van der Waals surface area (Å²) in [5, 5.41) is 3.57. The molecule has 1 saturated carbocycles. The zero-order valence-corrected chi connectivity index (χ0v) is 10.3. The molecule has 1 aliphatic heterocycles. The Labute approximate surface area is 94.4 Å². The minimum atomic E-state index is 0.794. The van der Waals surface area contributed by atoms with Gasteiger partial charge in [0, 0.05) is 12.6 Å². The van der Waals surface area contributed by atoms with Gasteiger partial charge in [-0.2, -0.15) is 0 Å². The lowest BCUT2D eigenvalue weighted by Crippen LogP contribution is -2.43. The molecule has 2 heteroatoms. The molecule has 2 fully saturated rings. The fraction of sp³-hybridized carbons (Fsp3) is 1.00. The van der Waals surface area contributed by atoms with Crippen molar-refractivity contribution in [2.45, 2.75) is 45.6 Å². The van der Waals surface area contributed by atoms with E-state index in [0.29, 0.717) is 0 Å². The molecule has 0 radical (unpaired) electrons. The third kappa shape index (κ3) is 3.46. The van der Waals surface area contributed by atoms with Crippen molar-refractivity contribution in [2.24, 2.45) is 11.8 Å². The molecule has 0 aromatic carbocycles. The van der Waals surface area contributed by atoms with Gasteiger partial charge in [0.05, 0.1) is 0 Å². The van der Waals surface area contributed by atoms with Gasteiger partial charge in [-0.25, -0.2) is 0 Å². The van der Waals surface area contributed by atoms with Crippen LogP contribution in [-0.4, -0.2) is 37.1 Å². The largest absolute Gasteiger partial charge is 0.314 e. The number of nitrogens with one attached hydrogen (secondary N) is 1. The van der Waals surface area contributed by atoms with Crippen molar-refractivity contribution in [1.29, 1.82) is 0 Å². The van der Waals surface area contributed by atoms with Gasteiger partial charge >= 0.3 is 0 Å². The van der Waals surface area contributed by atoms with E-state index in [4.69, 9.17) is 0 Å². The van der Waals surface area contributed by atoms with Crippen LogP contribution in [0.1, 0.15) is 39.5 Å². The molecule has 2 rings (SSSR count). The highest BCUT2D eigenvalue weighted by Crippen LogP contribution is 2.37. The zero-order chi connectivity index (χ0) is 10.7. The molecule has 1 atom stereocenters. The van der Waals surface area contributed by atoms with Crippen molar-refractivity contribution in [1.82, 2.24) is 10.2 Å². The van der Waals surface area contributed by atoms with Crippen molar-refractivity contribution in [2.75, 3.05) is 26.2 Å². The number of hydrogen-bond donors (Lipinski definition) is 1. The van der Waals surface area contributed by atoms with Crippen molar-refractivity contribution in [3.63, 3.8) is 0 Å². The zero-order valence-electron chi connectivity index (χ0n) is 10.3. The van der Waals surface area contributed by atoms with E-state index in [9.17, 15) is 0 Å². The minimum absolute atomic E-state index is 0.794. The fourth-order valence-electron chi connectivity index (χ4n) is 2.83. The van der Waals surface area contributed by atoms with Crippen LogP contribution in [0.2, 0.25) is 0 Å². The summed E-state index contributed by atoms with van der Waals surface area (Å²) < 4.78 is 0. The summed E-state index contributed by atoms with van der Waals surface area (Å²) in [4.78, 5) is 2.68. The van der Waals surface area contributed by atoms with E-state index in [2.05, 4.69) is 24.1 Å². The Balaban J connectivity index is 1.64. The van der Waals surface area contributed by atoms with Gasteiger partial charge in [0.25, 0.3) is 0 Å². The fourth-order valence-corrected chi connectivity index (χ4v) is 2.83. The van der Waals surface area contributed by atoms with Gasteiger partial charge in [-0.3, -0.25) is 0 Å². The molecule has 88 valence electrons. The molecule has 0 aromatic rings. The molecule has 2 aliphatic rings. The van der Waals surface area contributed by atoms with Gasteiger partial charge in [0.1, 0.15) is 0 Å². The molecule has 2 nitrogen and oxygen atoms in total. The van der Waals surface area contributed by atoms with Crippen LogP contribution in [-0.2, 0) is 0 Å². The van der Waals surface area contributed by atoms with Crippen LogP contribution in [0.25, 0.3) is 0 Å². The Hall–Kier alpha value is -0.0800. The Bertz CT molecular complexity index is 181. The average molecular weight is 210 g/mol. The van der Waals surface area contributed by atoms with Gasteiger partial charge in [-0.15, -0.1) is 0 Å². The lowest BCUT2D eigenvalue weighted by Gasteiger charge is -2.33. The molecule has 15 heavy (non-hydrogen) atoms. The number of piperidine rings is 1. The highest BCUT2D eigenvalue weighted by atomic mass is 15.1. The lowest BCUT2D eigenvalue weighted by molar-refractivity contribution is 0.170. The van der Waals surface area contributed by atoms with Crippen LogP contribution in [0.4, 0.5) is 0 Å². The van der Waals surface area contributed by atoms with Gasteiger partial charge in [-0.1, -0.05) is 13.8 Å². The molecule has 0 aromatic heterocycles. The lowest BCUT2D eigenvalue weighted by atomic mass is 10.0. The third-order valence-corrected chi connectivity index (χ3v) is 4.05. The summed E-state index contributed by atoms with van der Waals surface area (Å²) in [5.41, 5.74) is 0. The normalized spacial score (nSPS) is 26.8. The van der Waals surface area contributed by atoms with Crippen molar-refractivity contribution in [3.05, 3.63) is 0 Å². The van der Waals surface area contributed by atoms with Crippen LogP contribution in [0.3, 0.4) is 0 Å². The number of hydrogen-bond acceptors (Lipinski definition) is 2. The smallest absolute Gasteiger partial charge is 0.00912 e. The van der Waals surface area contributed by atoms with Crippen LogP contribution < -0.4 is 5.32 Å². The van der Waals surface area contributed by atoms with Crippen LogP contribution >= 0.6 is 0 Å². The summed E-state index contributed by atoms with van der Waals surface area (Å²) in [6.45, 7) is 9.76. The molecule has 1 N–H and O–H groups in total. The minimum Gasteiger partial charge on any atom is -0.314 e. The summed E-state index contributed by atoms with van der Waals surface area (Å²) in [6, 6.07) is 0.794. The molecule has 1 unspecified atom stereocenters. The van der Waals surface area contributed by atoms with E-state index in [0.717, 1.165) is 24.4 Å². The molecular formula is C13H26N2. The van der Waals surface area contributed by atoms with Gasteiger partial charge in [0.15, 0.2) is 0 Å². The summed E-state index contributed by atoms with van der Waals surface area (Å²) in [7, 11) is 0. The van der Waals surface area contributed by atoms with E-state index in [1.54, 1.807) is 0 Å². The second-order valence-electron chi connectivity index (χ2n) is 5.45. The van der Waals surface area contributed by atoms with Crippen LogP contribution in [0.15, 0.2) is 0 Å². The molecule has 0 bridgehead atoms. The second-order valence-corrected chi connectivity index (χ2v) is 5.45. The first-order chi connectivity index (χ1) is 7.29. The summed E-state index contributed by atoms with van der Waals surface area (Å²) >= 11 is 0.